The van der Waals surface area contributed by atoms with Gasteiger partial charge in [-0.2, -0.15) is 0 Å². The molecule has 7 heteroatoms. The van der Waals surface area contributed by atoms with E-state index in [4.69, 9.17) is 5.11 Å². The maximum atomic E-state index is 13.1. The van der Waals surface area contributed by atoms with E-state index in [0.29, 0.717) is 24.1 Å². The number of aryl methyl sites for hydroxylation is 1. The van der Waals surface area contributed by atoms with Crippen molar-refractivity contribution in [1.82, 2.24) is 15.5 Å². The number of carbonyl (C=O) groups is 2. The highest BCUT2D eigenvalue weighted by Gasteiger charge is 2.19. The van der Waals surface area contributed by atoms with E-state index >= 15 is 0 Å². The number of piperazine rings is 1. The first-order chi connectivity index (χ1) is 15.4. The smallest absolute Gasteiger partial charge is 0.252 e. The Balaban J connectivity index is 1.68. The van der Waals surface area contributed by atoms with Gasteiger partial charge in [0.25, 0.3) is 11.8 Å². The molecule has 0 saturated carbocycles. The van der Waals surface area contributed by atoms with Crippen LogP contribution in [0.2, 0.25) is 0 Å². The van der Waals surface area contributed by atoms with Crippen molar-refractivity contribution in [2.45, 2.75) is 26.3 Å². The van der Waals surface area contributed by atoms with Crippen LogP contribution < -0.4 is 15.5 Å². The summed E-state index contributed by atoms with van der Waals surface area (Å²) in [5.74, 6) is -0.307. The van der Waals surface area contributed by atoms with Gasteiger partial charge in [-0.3, -0.25) is 9.59 Å². The fourth-order valence-corrected chi connectivity index (χ4v) is 3.81. The number of amides is 2. The molecule has 7 nitrogen and oxygen atoms in total. The van der Waals surface area contributed by atoms with Crippen LogP contribution in [0.25, 0.3) is 0 Å². The van der Waals surface area contributed by atoms with Crippen molar-refractivity contribution < 1.29 is 14.7 Å². The summed E-state index contributed by atoms with van der Waals surface area (Å²) < 4.78 is 0. The Morgan fingerprint density at radius 1 is 1.06 bits per heavy atom. The van der Waals surface area contributed by atoms with Gasteiger partial charge in [-0.1, -0.05) is 18.2 Å². The van der Waals surface area contributed by atoms with E-state index in [2.05, 4.69) is 33.5 Å². The van der Waals surface area contributed by atoms with Gasteiger partial charge in [-0.25, -0.2) is 0 Å². The third-order valence-electron chi connectivity index (χ3n) is 5.95. The van der Waals surface area contributed by atoms with Crippen LogP contribution in [0.15, 0.2) is 42.5 Å². The Hall–Kier alpha value is -2.90. The Bertz CT molecular complexity index is 939. The van der Waals surface area contributed by atoms with Crippen LogP contribution in [0, 0.1) is 6.92 Å². The highest BCUT2D eigenvalue weighted by molar-refractivity contribution is 5.97. The molecule has 1 aliphatic rings. The predicted molar refractivity (Wildman–Crippen MR) is 127 cm³/mol. The molecule has 3 rings (SSSR count). The van der Waals surface area contributed by atoms with Crippen LogP contribution in [-0.2, 0) is 0 Å². The number of aliphatic hydroxyl groups is 1. The molecule has 1 atom stereocenters. The second-order valence-electron chi connectivity index (χ2n) is 8.44. The largest absolute Gasteiger partial charge is 0.396 e. The molecule has 1 heterocycles. The van der Waals surface area contributed by atoms with Crippen molar-refractivity contribution >= 4 is 17.5 Å². The molecule has 1 unspecified atom stereocenters. The number of rotatable bonds is 8. The zero-order valence-corrected chi connectivity index (χ0v) is 19.2. The fraction of sp³-hybridized carbons (Fsp3) is 0.440. The molecule has 1 aliphatic heterocycles. The zero-order valence-electron chi connectivity index (χ0n) is 19.2. The number of likely N-dealkylation sites (N-methyl/N-ethyl adjacent to an activating group) is 1. The summed E-state index contributed by atoms with van der Waals surface area (Å²) in [6.07, 6.45) is 0.518. The van der Waals surface area contributed by atoms with Crippen molar-refractivity contribution in [2.75, 3.05) is 51.3 Å². The lowest BCUT2D eigenvalue weighted by Crippen LogP contribution is -2.44. The average molecular weight is 439 g/mol. The Morgan fingerprint density at radius 3 is 2.53 bits per heavy atom. The Morgan fingerprint density at radius 2 is 1.81 bits per heavy atom. The number of nitrogens with zero attached hydrogens (tertiary/aromatic N) is 2. The number of hydrogen-bond acceptors (Lipinski definition) is 5. The van der Waals surface area contributed by atoms with Gasteiger partial charge in [-0.15, -0.1) is 0 Å². The first-order valence-electron chi connectivity index (χ1n) is 11.2. The van der Waals surface area contributed by atoms with E-state index < -0.39 is 0 Å². The molecule has 1 fully saturated rings. The van der Waals surface area contributed by atoms with Gasteiger partial charge in [0.05, 0.1) is 6.04 Å². The molecule has 172 valence electrons. The Labute approximate surface area is 190 Å². The van der Waals surface area contributed by atoms with Crippen LogP contribution in [0.1, 0.15) is 51.2 Å². The van der Waals surface area contributed by atoms with Gasteiger partial charge < -0.3 is 25.5 Å². The Kier molecular flexibility index (Phi) is 8.25. The van der Waals surface area contributed by atoms with Gasteiger partial charge in [-0.05, 0) is 62.7 Å². The van der Waals surface area contributed by atoms with Gasteiger partial charge in [0.15, 0.2) is 0 Å². The summed E-state index contributed by atoms with van der Waals surface area (Å²) in [6.45, 7) is 8.25. The normalized spacial score (nSPS) is 15.3. The van der Waals surface area contributed by atoms with Gasteiger partial charge in [0.2, 0.25) is 0 Å². The van der Waals surface area contributed by atoms with Crippen molar-refractivity contribution in [2.24, 2.45) is 0 Å². The standard InChI is InChI=1S/C25H34N4O3/c1-18-8-9-22(29-13-11-28(3)12-14-29)17-23(18)25(32)27-19(2)20-6-4-7-21(16-20)24(31)26-10-5-15-30/h4,6-9,16-17,19,30H,5,10-15H2,1-3H3,(H,26,31)(H,27,32). The maximum Gasteiger partial charge on any atom is 0.252 e. The third-order valence-corrected chi connectivity index (χ3v) is 5.95. The SMILES string of the molecule is Cc1ccc(N2CCN(C)CC2)cc1C(=O)NC(C)c1cccc(C(=O)NCCCO)c1. The second-order valence-corrected chi connectivity index (χ2v) is 8.44. The minimum atomic E-state index is -0.251. The minimum Gasteiger partial charge on any atom is -0.396 e. The average Bonchev–Trinajstić information content (AvgIpc) is 2.80. The highest BCUT2D eigenvalue weighted by Crippen LogP contribution is 2.22. The van der Waals surface area contributed by atoms with Crippen LogP contribution in [0.5, 0.6) is 0 Å². The molecular formula is C25H34N4O3. The quantitative estimate of drug-likeness (QED) is 0.551. The van der Waals surface area contributed by atoms with E-state index in [1.807, 2.05) is 38.1 Å². The third kappa shape index (κ3) is 6.08. The molecule has 2 amide bonds. The van der Waals surface area contributed by atoms with Gasteiger partial charge >= 0.3 is 0 Å². The monoisotopic (exact) mass is 438 g/mol. The van der Waals surface area contributed by atoms with E-state index in [1.54, 1.807) is 12.1 Å². The maximum absolute atomic E-state index is 13.1. The number of carbonyl (C=O) groups excluding carboxylic acids is 2. The molecule has 2 aromatic carbocycles. The molecular weight excluding hydrogens is 404 g/mol. The fourth-order valence-electron chi connectivity index (χ4n) is 3.81. The van der Waals surface area contributed by atoms with E-state index in [0.717, 1.165) is 43.0 Å². The summed E-state index contributed by atoms with van der Waals surface area (Å²) in [5, 5.41) is 14.7. The van der Waals surface area contributed by atoms with Crippen LogP contribution >= 0.6 is 0 Å². The van der Waals surface area contributed by atoms with E-state index in [1.165, 1.54) is 0 Å². The number of benzene rings is 2. The number of nitrogens with one attached hydrogen (secondary N) is 2. The number of aliphatic hydroxyl groups excluding tert-OH is 1. The van der Waals surface area contributed by atoms with Crippen LogP contribution in [-0.4, -0.2) is 68.2 Å². The van der Waals surface area contributed by atoms with E-state index in [-0.39, 0.29) is 24.5 Å². The zero-order chi connectivity index (χ0) is 23.1. The summed E-state index contributed by atoms with van der Waals surface area (Å²) in [6, 6.07) is 13.1. The van der Waals surface area contributed by atoms with Gasteiger partial charge in [0, 0.05) is 56.1 Å². The van der Waals surface area contributed by atoms with Crippen LogP contribution in [0.3, 0.4) is 0 Å². The molecule has 0 aliphatic carbocycles. The first-order valence-corrected chi connectivity index (χ1v) is 11.2. The predicted octanol–water partition coefficient (Wildman–Crippen LogP) is 2.35. The highest BCUT2D eigenvalue weighted by atomic mass is 16.3. The molecule has 3 N–H and O–H groups in total. The summed E-state index contributed by atoms with van der Waals surface area (Å²) in [7, 11) is 2.13. The first kappa shape index (κ1) is 23.8. The molecule has 2 aromatic rings. The molecule has 0 aromatic heterocycles. The molecule has 1 saturated heterocycles. The molecule has 32 heavy (non-hydrogen) atoms. The van der Waals surface area contributed by atoms with Crippen molar-refractivity contribution in [3.63, 3.8) is 0 Å². The second kappa shape index (κ2) is 11.1. The summed E-state index contributed by atoms with van der Waals surface area (Å²) in [5.41, 5.74) is 4.08. The van der Waals surface area contributed by atoms with Crippen molar-refractivity contribution in [1.29, 1.82) is 0 Å². The lowest BCUT2D eigenvalue weighted by Gasteiger charge is -2.34. The molecule has 0 radical (unpaired) electrons. The van der Waals surface area contributed by atoms with Gasteiger partial charge in [0.1, 0.15) is 0 Å². The van der Waals surface area contributed by atoms with Crippen molar-refractivity contribution in [3.05, 3.63) is 64.7 Å². The van der Waals surface area contributed by atoms with Crippen LogP contribution in [0.4, 0.5) is 5.69 Å². The lowest BCUT2D eigenvalue weighted by molar-refractivity contribution is 0.0937. The topological polar surface area (TPSA) is 84.9 Å². The van der Waals surface area contributed by atoms with Crippen molar-refractivity contribution in [3.8, 4) is 0 Å². The number of anilines is 1. The summed E-state index contributed by atoms with van der Waals surface area (Å²) in [4.78, 5) is 30.0. The number of hydrogen-bond donors (Lipinski definition) is 3. The summed E-state index contributed by atoms with van der Waals surface area (Å²) >= 11 is 0. The molecule has 0 bridgehead atoms. The lowest BCUT2D eigenvalue weighted by atomic mass is 10.0. The molecule has 0 spiro atoms. The minimum absolute atomic E-state index is 0.0405. The van der Waals surface area contributed by atoms with E-state index in [9.17, 15) is 9.59 Å².